The molecule has 3 aliphatic carbocycles. The number of allylic oxidation sites excluding steroid dienone is 1. The van der Waals surface area contributed by atoms with Crippen LogP contribution in [0.1, 0.15) is 94.6 Å². The highest BCUT2D eigenvalue weighted by molar-refractivity contribution is 7.91. The van der Waals surface area contributed by atoms with Crippen LogP contribution in [0, 0.1) is 11.7 Å². The van der Waals surface area contributed by atoms with Crippen LogP contribution in [0.2, 0.25) is 0 Å². The first kappa shape index (κ1) is 39.0. The first-order valence-electron chi connectivity index (χ1n) is 19.4. The molecule has 0 bridgehead atoms. The van der Waals surface area contributed by atoms with E-state index in [1.807, 2.05) is 12.2 Å². The highest BCUT2D eigenvalue weighted by Crippen LogP contribution is 2.48. The molecule has 0 spiro atoms. The van der Waals surface area contributed by atoms with Crippen molar-refractivity contribution >= 4 is 39.9 Å². The van der Waals surface area contributed by atoms with E-state index in [-0.39, 0.29) is 51.6 Å². The number of fused-ring (bicyclic) bond motifs is 3. The largest absolute Gasteiger partial charge is 0.446 e. The lowest BCUT2D eigenvalue weighted by Gasteiger charge is -2.30. The van der Waals surface area contributed by atoms with Gasteiger partial charge in [0.1, 0.15) is 40.4 Å². The van der Waals surface area contributed by atoms with Crippen LogP contribution in [0.4, 0.5) is 14.0 Å². The molecular weight excluding hydrogens is 738 g/mol. The summed E-state index contributed by atoms with van der Waals surface area (Å²) in [7, 11) is -2.77. The second-order valence-corrected chi connectivity index (χ2v) is 18.0. The van der Waals surface area contributed by atoms with Gasteiger partial charge in [0, 0.05) is 31.6 Å². The van der Waals surface area contributed by atoms with Gasteiger partial charge in [-0.15, -0.1) is 0 Å². The van der Waals surface area contributed by atoms with E-state index in [1.165, 1.54) is 23.0 Å². The normalized spacial score (nSPS) is 29.8. The van der Waals surface area contributed by atoms with Crippen LogP contribution in [0.3, 0.4) is 0 Å². The average Bonchev–Trinajstić information content (AvgIpc) is 3.81. The molecule has 5 amide bonds. The van der Waals surface area contributed by atoms with E-state index in [9.17, 15) is 36.8 Å². The number of hydrogen-bond donors (Lipinski definition) is 3. The summed E-state index contributed by atoms with van der Waals surface area (Å²) in [5.74, 6) is -3.13. The number of carbonyl (C=O) groups is 5. The third-order valence-electron chi connectivity index (χ3n) is 12.0. The lowest BCUT2D eigenvalue weighted by molar-refractivity contribution is -0.141. The van der Waals surface area contributed by atoms with Crippen LogP contribution in [-0.4, -0.2) is 103 Å². The maximum absolute atomic E-state index is 14.5. The van der Waals surface area contributed by atoms with Gasteiger partial charge < -0.3 is 29.7 Å². The highest BCUT2D eigenvalue weighted by atomic mass is 32.2. The Morgan fingerprint density at radius 1 is 1.00 bits per heavy atom. The fourth-order valence-corrected chi connectivity index (χ4v) is 10.00. The first-order valence-corrected chi connectivity index (χ1v) is 20.9. The number of methoxy groups -OCH3 is 1. The fraction of sp³-hybridized carbons (Fsp3) is 0.658. The van der Waals surface area contributed by atoms with Gasteiger partial charge in [0.05, 0.1) is 19.7 Å². The van der Waals surface area contributed by atoms with Gasteiger partial charge in [0.15, 0.2) is 0 Å². The highest BCUT2D eigenvalue weighted by Gasteiger charge is 2.64. The minimum atomic E-state index is -4.16. The van der Waals surface area contributed by atoms with Crippen LogP contribution in [0.5, 0.6) is 0 Å². The molecule has 1 saturated heterocycles. The molecule has 3 heterocycles. The zero-order valence-electron chi connectivity index (χ0n) is 31.1. The van der Waals surface area contributed by atoms with E-state index in [4.69, 9.17) is 14.2 Å². The van der Waals surface area contributed by atoms with E-state index < -0.39 is 80.1 Å². The number of hydrogen-bond acceptors (Lipinski definition) is 10. The Morgan fingerprint density at radius 3 is 2.49 bits per heavy atom. The van der Waals surface area contributed by atoms with Crippen LogP contribution in [0.25, 0.3) is 0 Å². The average molecular weight is 788 g/mol. The molecule has 4 fully saturated rings. The van der Waals surface area contributed by atoms with Crippen LogP contribution >= 0.6 is 0 Å². The molecular formula is C38H50FN5O10S. The molecule has 3 N–H and O–H groups in total. The quantitative estimate of drug-likeness (QED) is 0.330. The third-order valence-corrected chi connectivity index (χ3v) is 14.1. The van der Waals surface area contributed by atoms with Crippen LogP contribution < -0.4 is 15.4 Å². The number of ether oxygens (including phenoxy) is 3. The van der Waals surface area contributed by atoms with Gasteiger partial charge in [-0.3, -0.25) is 24.0 Å². The number of nitrogens with zero attached hydrogens (tertiary/aromatic N) is 2. The summed E-state index contributed by atoms with van der Waals surface area (Å²) in [6.07, 6.45) is 8.05. The molecule has 7 rings (SSSR count). The molecule has 5 atom stereocenters. The van der Waals surface area contributed by atoms with E-state index in [2.05, 4.69) is 15.4 Å². The number of amides is 5. The maximum Gasteiger partial charge on any atom is 0.410 e. The molecule has 3 saturated carbocycles. The smallest absolute Gasteiger partial charge is 0.410 e. The van der Waals surface area contributed by atoms with Crippen molar-refractivity contribution in [2.75, 3.05) is 20.3 Å². The lowest BCUT2D eigenvalue weighted by atomic mass is 10.0. The van der Waals surface area contributed by atoms with Gasteiger partial charge in [-0.25, -0.2) is 22.4 Å². The molecule has 1 aromatic carbocycles. The Bertz CT molecular complexity index is 1830. The number of alkyl carbamates (subject to hydrolysis) is 1. The topological polar surface area (TPSA) is 190 Å². The monoisotopic (exact) mass is 787 g/mol. The Morgan fingerprint density at radius 2 is 1.76 bits per heavy atom. The van der Waals surface area contributed by atoms with Crippen molar-refractivity contribution in [3.8, 4) is 0 Å². The van der Waals surface area contributed by atoms with Gasteiger partial charge >= 0.3 is 12.2 Å². The van der Waals surface area contributed by atoms with Gasteiger partial charge in [-0.05, 0) is 75.8 Å². The molecule has 6 aliphatic rings. The van der Waals surface area contributed by atoms with Crippen molar-refractivity contribution in [2.45, 2.75) is 131 Å². The van der Waals surface area contributed by atoms with Crippen molar-refractivity contribution in [2.24, 2.45) is 5.92 Å². The van der Waals surface area contributed by atoms with Gasteiger partial charge in [-0.1, -0.05) is 37.1 Å². The molecule has 1 aromatic rings. The molecule has 3 aliphatic heterocycles. The van der Waals surface area contributed by atoms with Gasteiger partial charge in [0.2, 0.25) is 21.8 Å². The standard InChI is InChI=1S/C38H50FN5O10S/c1-52-23-37(16-17-37)55(50,51)42-34(47)38-19-25(38)11-5-3-2-4-6-15-30(40-35(48)53-26-12-7-8-13-26)33(46)44-21-27(18-31(44)32(45)41-38)54-36(49)43-20-24-10-9-14-29(39)28(24)22-43/h5,9-11,14,25-27,30-31H,2-4,6-8,12-13,15-23H2,1H3,(H,40,48)(H,41,45)(H,42,47)/b11-5-/t25-,27-,30+,31+,38-/m1/s1. The Balaban J connectivity index is 1.13. The fourth-order valence-electron chi connectivity index (χ4n) is 8.44. The molecule has 0 radical (unpaired) electrons. The summed E-state index contributed by atoms with van der Waals surface area (Å²) in [5, 5.41) is 5.55. The van der Waals surface area contributed by atoms with Gasteiger partial charge in [-0.2, -0.15) is 0 Å². The number of carbonyl (C=O) groups excluding carboxylic acids is 5. The Kier molecular flexibility index (Phi) is 11.1. The number of nitrogens with one attached hydrogen (secondary N) is 3. The van der Waals surface area contributed by atoms with Crippen LogP contribution in [0.15, 0.2) is 30.4 Å². The van der Waals surface area contributed by atoms with Crippen molar-refractivity contribution in [3.05, 3.63) is 47.3 Å². The second kappa shape index (κ2) is 15.7. The van der Waals surface area contributed by atoms with E-state index in [0.29, 0.717) is 36.8 Å². The van der Waals surface area contributed by atoms with E-state index in [1.54, 1.807) is 12.1 Å². The molecule has 15 nitrogen and oxygen atoms in total. The van der Waals surface area contributed by atoms with Gasteiger partial charge in [0.25, 0.3) is 5.91 Å². The minimum absolute atomic E-state index is 0.00364. The Hall–Kier alpha value is -4.25. The van der Waals surface area contributed by atoms with Crippen molar-refractivity contribution in [3.63, 3.8) is 0 Å². The predicted octanol–water partition coefficient (Wildman–Crippen LogP) is 3.31. The molecule has 55 heavy (non-hydrogen) atoms. The van der Waals surface area contributed by atoms with Crippen molar-refractivity contribution < 1.29 is 51.0 Å². The van der Waals surface area contributed by atoms with E-state index >= 15 is 0 Å². The number of benzene rings is 1. The Labute approximate surface area is 320 Å². The zero-order valence-corrected chi connectivity index (χ0v) is 31.9. The molecule has 0 aromatic heterocycles. The summed E-state index contributed by atoms with van der Waals surface area (Å²) in [6, 6.07) is 2.32. The summed E-state index contributed by atoms with van der Waals surface area (Å²) in [5.41, 5.74) is -0.570. The number of rotatable bonds is 8. The molecule has 17 heteroatoms. The number of halogens is 1. The minimum Gasteiger partial charge on any atom is -0.446 e. The zero-order chi connectivity index (χ0) is 39.0. The molecule has 300 valence electrons. The predicted molar refractivity (Wildman–Crippen MR) is 194 cm³/mol. The summed E-state index contributed by atoms with van der Waals surface area (Å²) in [4.78, 5) is 71.8. The number of sulfonamides is 1. The maximum atomic E-state index is 14.5. The van der Waals surface area contributed by atoms with Crippen molar-refractivity contribution in [1.29, 1.82) is 0 Å². The second-order valence-electron chi connectivity index (χ2n) is 15.9. The third kappa shape index (κ3) is 8.18. The SMILES string of the molecule is COCC1(S(=O)(=O)NC(=O)[C@@]23C[C@H]2/C=C\CCCCC[C@H](NC(=O)OC2CCCC2)C(=O)N2C[C@H](OC(=O)N4Cc5cccc(F)c5C4)C[C@H]2C(=O)N3)CC1. The van der Waals surface area contributed by atoms with Crippen LogP contribution in [-0.2, 0) is 51.7 Å². The van der Waals surface area contributed by atoms with E-state index in [0.717, 1.165) is 38.5 Å². The summed E-state index contributed by atoms with van der Waals surface area (Å²) in [6.45, 7) is -0.152. The first-order chi connectivity index (χ1) is 26.3. The summed E-state index contributed by atoms with van der Waals surface area (Å²) < 4.78 is 58.8. The van der Waals surface area contributed by atoms with Crippen molar-refractivity contribution in [1.82, 2.24) is 25.2 Å². The summed E-state index contributed by atoms with van der Waals surface area (Å²) >= 11 is 0. The lowest BCUT2D eigenvalue weighted by Crippen LogP contribution is -2.59. The molecule has 0 unspecified atom stereocenters.